The van der Waals surface area contributed by atoms with Gasteiger partial charge in [0.1, 0.15) is 0 Å². The van der Waals surface area contributed by atoms with E-state index >= 15 is 0 Å². The SMILES string of the molecule is Cc1ccc(S(N)(=O)=O)cc1C(=O)N1CCCn2nc(C(C)O)cc2C1. The fourth-order valence-corrected chi connectivity index (χ4v) is 3.58. The van der Waals surface area contributed by atoms with Gasteiger partial charge in [-0.2, -0.15) is 5.10 Å². The highest BCUT2D eigenvalue weighted by Crippen LogP contribution is 2.21. The minimum atomic E-state index is -3.88. The Hall–Kier alpha value is -2.23. The van der Waals surface area contributed by atoms with E-state index in [1.165, 1.54) is 12.1 Å². The summed E-state index contributed by atoms with van der Waals surface area (Å²) in [6.07, 6.45) is 0.0420. The molecule has 0 aliphatic carbocycles. The molecule has 8 nitrogen and oxygen atoms in total. The lowest BCUT2D eigenvalue weighted by molar-refractivity contribution is 0.0744. The smallest absolute Gasteiger partial charge is 0.254 e. The van der Waals surface area contributed by atoms with Crippen LogP contribution in [0, 0.1) is 6.92 Å². The maximum atomic E-state index is 13.0. The highest BCUT2D eigenvalue weighted by atomic mass is 32.2. The highest BCUT2D eigenvalue weighted by Gasteiger charge is 2.24. The number of hydrogen-bond donors (Lipinski definition) is 2. The predicted molar refractivity (Wildman–Crippen MR) is 94.8 cm³/mol. The van der Waals surface area contributed by atoms with Crippen LogP contribution in [0.15, 0.2) is 29.2 Å². The van der Waals surface area contributed by atoms with Crippen molar-refractivity contribution in [2.24, 2.45) is 5.14 Å². The second-order valence-corrected chi connectivity index (χ2v) is 8.12. The van der Waals surface area contributed by atoms with E-state index in [0.29, 0.717) is 42.9 Å². The van der Waals surface area contributed by atoms with Gasteiger partial charge in [-0.3, -0.25) is 9.48 Å². The van der Waals surface area contributed by atoms with E-state index < -0.39 is 16.1 Å². The summed E-state index contributed by atoms with van der Waals surface area (Å²) in [5.41, 5.74) is 2.42. The van der Waals surface area contributed by atoms with Gasteiger partial charge in [-0.05, 0) is 44.0 Å². The fourth-order valence-electron chi connectivity index (χ4n) is 3.04. The molecular weight excluding hydrogens is 356 g/mol. The summed E-state index contributed by atoms with van der Waals surface area (Å²) < 4.78 is 25.0. The van der Waals surface area contributed by atoms with Crippen molar-refractivity contribution in [1.82, 2.24) is 14.7 Å². The molecule has 1 atom stereocenters. The number of primary sulfonamides is 1. The van der Waals surface area contributed by atoms with Gasteiger partial charge in [0.25, 0.3) is 5.91 Å². The Kier molecular flexibility index (Phi) is 4.87. The van der Waals surface area contributed by atoms with Crippen LogP contribution >= 0.6 is 0 Å². The van der Waals surface area contributed by atoms with Crippen LogP contribution in [-0.2, 0) is 23.1 Å². The lowest BCUT2D eigenvalue weighted by Crippen LogP contribution is -2.31. The van der Waals surface area contributed by atoms with Crippen molar-refractivity contribution in [3.8, 4) is 0 Å². The molecule has 0 saturated heterocycles. The van der Waals surface area contributed by atoms with Crippen LogP contribution in [0.3, 0.4) is 0 Å². The van der Waals surface area contributed by atoms with Crippen molar-refractivity contribution >= 4 is 15.9 Å². The van der Waals surface area contributed by atoms with Crippen molar-refractivity contribution in [2.45, 2.75) is 44.4 Å². The number of amides is 1. The third kappa shape index (κ3) is 3.64. The lowest BCUT2D eigenvalue weighted by atomic mass is 10.1. The average molecular weight is 378 g/mol. The van der Waals surface area contributed by atoms with Gasteiger partial charge in [0, 0.05) is 18.7 Å². The molecule has 140 valence electrons. The number of nitrogens with zero attached hydrogens (tertiary/aromatic N) is 3. The van der Waals surface area contributed by atoms with E-state index in [1.54, 1.807) is 30.9 Å². The summed E-state index contributed by atoms with van der Waals surface area (Å²) >= 11 is 0. The third-order valence-corrected chi connectivity index (χ3v) is 5.43. The molecule has 1 aromatic heterocycles. The molecule has 1 aromatic carbocycles. The fraction of sp³-hybridized carbons (Fsp3) is 0.412. The Balaban J connectivity index is 1.92. The molecule has 26 heavy (non-hydrogen) atoms. The Bertz CT molecular complexity index is 950. The molecule has 0 saturated carbocycles. The number of aliphatic hydroxyl groups is 1. The zero-order valence-corrected chi connectivity index (χ0v) is 15.5. The molecule has 0 spiro atoms. The van der Waals surface area contributed by atoms with E-state index in [1.807, 2.05) is 4.68 Å². The molecule has 1 aliphatic rings. The number of nitrogens with two attached hydrogens (primary N) is 1. The topological polar surface area (TPSA) is 119 Å². The van der Waals surface area contributed by atoms with Crippen LogP contribution in [0.2, 0.25) is 0 Å². The van der Waals surface area contributed by atoms with E-state index in [9.17, 15) is 18.3 Å². The Morgan fingerprint density at radius 2 is 2.04 bits per heavy atom. The molecule has 1 aliphatic heterocycles. The molecule has 0 radical (unpaired) electrons. The van der Waals surface area contributed by atoms with Crippen LogP contribution < -0.4 is 5.14 Å². The molecular formula is C17H22N4O4S. The van der Waals surface area contributed by atoms with Gasteiger partial charge >= 0.3 is 0 Å². The van der Waals surface area contributed by atoms with Gasteiger partial charge in [0.2, 0.25) is 10.0 Å². The number of rotatable bonds is 3. The third-order valence-electron chi connectivity index (χ3n) is 4.52. The summed E-state index contributed by atoms with van der Waals surface area (Å²) in [6.45, 7) is 4.94. The average Bonchev–Trinajstić information content (AvgIpc) is 2.86. The first-order valence-electron chi connectivity index (χ1n) is 8.34. The molecule has 2 aromatic rings. The number of benzene rings is 1. The van der Waals surface area contributed by atoms with Gasteiger partial charge in [-0.25, -0.2) is 13.6 Å². The zero-order chi connectivity index (χ0) is 19.1. The number of fused-ring (bicyclic) bond motifs is 1. The first kappa shape index (κ1) is 18.6. The second-order valence-electron chi connectivity index (χ2n) is 6.56. The number of sulfonamides is 1. The van der Waals surface area contributed by atoms with Crippen LogP contribution in [0.4, 0.5) is 0 Å². The first-order chi connectivity index (χ1) is 12.2. The Labute approximate surface area is 152 Å². The van der Waals surface area contributed by atoms with Crippen molar-refractivity contribution in [2.75, 3.05) is 6.54 Å². The van der Waals surface area contributed by atoms with Crippen molar-refractivity contribution < 1.29 is 18.3 Å². The van der Waals surface area contributed by atoms with E-state index in [2.05, 4.69) is 5.10 Å². The molecule has 2 heterocycles. The van der Waals surface area contributed by atoms with Crippen molar-refractivity contribution in [1.29, 1.82) is 0 Å². The quantitative estimate of drug-likeness (QED) is 0.824. The van der Waals surface area contributed by atoms with E-state index in [0.717, 1.165) is 5.69 Å². The minimum absolute atomic E-state index is 0.0808. The van der Waals surface area contributed by atoms with Gasteiger partial charge in [-0.1, -0.05) is 6.07 Å². The number of aromatic nitrogens is 2. The van der Waals surface area contributed by atoms with Crippen molar-refractivity contribution in [3.63, 3.8) is 0 Å². The summed E-state index contributed by atoms with van der Waals surface area (Å²) in [7, 11) is -3.88. The summed E-state index contributed by atoms with van der Waals surface area (Å²) in [5.74, 6) is -0.249. The summed E-state index contributed by atoms with van der Waals surface area (Å²) in [5, 5.41) is 19.3. The van der Waals surface area contributed by atoms with E-state index in [-0.39, 0.29) is 10.8 Å². The molecule has 9 heteroatoms. The molecule has 0 fully saturated rings. The van der Waals surface area contributed by atoms with Crippen LogP contribution in [0.5, 0.6) is 0 Å². The van der Waals surface area contributed by atoms with Crippen LogP contribution in [0.1, 0.15) is 46.8 Å². The number of aryl methyl sites for hydroxylation is 2. The zero-order valence-electron chi connectivity index (χ0n) is 14.7. The number of carbonyl (C=O) groups is 1. The van der Waals surface area contributed by atoms with Crippen LogP contribution in [0.25, 0.3) is 0 Å². The van der Waals surface area contributed by atoms with Crippen molar-refractivity contribution in [3.05, 3.63) is 46.8 Å². The molecule has 1 unspecified atom stereocenters. The van der Waals surface area contributed by atoms with E-state index in [4.69, 9.17) is 5.14 Å². The number of carbonyl (C=O) groups excluding carboxylic acids is 1. The number of aliphatic hydroxyl groups excluding tert-OH is 1. The standard InChI is InChI=1S/C17H22N4O4S/c1-11-4-5-14(26(18,24)25)9-15(11)17(23)20-6-3-7-21-13(10-20)8-16(19-21)12(2)22/h4-5,8-9,12,22H,3,6-7,10H2,1-2H3,(H2,18,24,25). The van der Waals surface area contributed by atoms with Gasteiger partial charge in [0.05, 0.1) is 28.9 Å². The monoisotopic (exact) mass is 378 g/mol. The minimum Gasteiger partial charge on any atom is -0.387 e. The molecule has 1 amide bonds. The van der Waals surface area contributed by atoms with Crippen LogP contribution in [-0.4, -0.2) is 40.7 Å². The Morgan fingerprint density at radius 3 is 2.69 bits per heavy atom. The second kappa shape index (κ2) is 6.82. The lowest BCUT2D eigenvalue weighted by Gasteiger charge is -2.21. The highest BCUT2D eigenvalue weighted by molar-refractivity contribution is 7.89. The predicted octanol–water partition coefficient (Wildman–Crippen LogP) is 0.938. The number of hydrogen-bond acceptors (Lipinski definition) is 5. The molecule has 0 bridgehead atoms. The van der Waals surface area contributed by atoms with Gasteiger partial charge < -0.3 is 10.0 Å². The first-order valence-corrected chi connectivity index (χ1v) is 9.89. The molecule has 3 rings (SSSR count). The molecule has 3 N–H and O–H groups in total. The van der Waals surface area contributed by atoms with Gasteiger partial charge in [0.15, 0.2) is 0 Å². The summed E-state index contributed by atoms with van der Waals surface area (Å²) in [4.78, 5) is 14.6. The largest absolute Gasteiger partial charge is 0.387 e. The maximum absolute atomic E-state index is 13.0. The summed E-state index contributed by atoms with van der Waals surface area (Å²) in [6, 6.07) is 6.11. The Morgan fingerprint density at radius 1 is 1.31 bits per heavy atom. The maximum Gasteiger partial charge on any atom is 0.254 e. The normalized spacial score (nSPS) is 16.1. The van der Waals surface area contributed by atoms with Gasteiger partial charge in [-0.15, -0.1) is 0 Å².